The molecule has 0 aliphatic heterocycles. The van der Waals surface area contributed by atoms with Crippen molar-refractivity contribution >= 4 is 28.7 Å². The number of halogens is 1. The Morgan fingerprint density at radius 1 is 1.29 bits per heavy atom. The molecule has 0 aliphatic rings. The van der Waals surface area contributed by atoms with Crippen LogP contribution < -0.4 is 5.32 Å². The van der Waals surface area contributed by atoms with Gasteiger partial charge in [0.05, 0.1) is 22.8 Å². The predicted molar refractivity (Wildman–Crippen MR) is 95.0 cm³/mol. The Morgan fingerprint density at radius 3 is 2.75 bits per heavy atom. The number of imidazole rings is 1. The molecule has 0 radical (unpaired) electrons. The number of para-hydroxylation sites is 1. The van der Waals surface area contributed by atoms with Crippen LogP contribution in [0, 0.1) is 5.82 Å². The molecule has 0 spiro atoms. The normalized spacial score (nSPS) is 12.3. The van der Waals surface area contributed by atoms with Gasteiger partial charge in [0.1, 0.15) is 11.6 Å². The molecule has 4 nitrogen and oxygen atoms in total. The number of carbonyl (C=O) groups excluding carboxylic acids is 1. The maximum absolute atomic E-state index is 13.8. The van der Waals surface area contributed by atoms with E-state index in [1.54, 1.807) is 17.8 Å². The third kappa shape index (κ3) is 3.01. The molecule has 24 heavy (non-hydrogen) atoms. The van der Waals surface area contributed by atoms with Crippen molar-refractivity contribution in [3.63, 3.8) is 0 Å². The van der Waals surface area contributed by atoms with E-state index in [9.17, 15) is 9.18 Å². The van der Waals surface area contributed by atoms with Gasteiger partial charge in [-0.25, -0.2) is 9.37 Å². The molecule has 2 aromatic carbocycles. The van der Waals surface area contributed by atoms with Crippen molar-refractivity contribution in [3.05, 3.63) is 54.1 Å². The molecule has 1 unspecified atom stereocenters. The van der Waals surface area contributed by atoms with Crippen molar-refractivity contribution < 1.29 is 9.18 Å². The molecule has 0 bridgehead atoms. The second-order valence-corrected chi connectivity index (χ2v) is 6.38. The zero-order valence-electron chi connectivity index (χ0n) is 13.7. The van der Waals surface area contributed by atoms with Gasteiger partial charge >= 0.3 is 0 Å². The van der Waals surface area contributed by atoms with Gasteiger partial charge in [0.15, 0.2) is 0 Å². The monoisotopic (exact) mass is 343 g/mol. The summed E-state index contributed by atoms with van der Waals surface area (Å²) in [6.45, 7) is 3.34. The first-order valence-electron chi connectivity index (χ1n) is 7.59. The minimum atomic E-state index is -0.316. The summed E-state index contributed by atoms with van der Waals surface area (Å²) in [6, 6.07) is 12.1. The highest BCUT2D eigenvalue weighted by molar-refractivity contribution is 7.98. The van der Waals surface area contributed by atoms with Crippen LogP contribution in [-0.4, -0.2) is 21.7 Å². The summed E-state index contributed by atoms with van der Waals surface area (Å²) >= 11 is 1.61. The molecule has 1 heterocycles. The molecule has 1 amide bonds. The molecule has 3 aromatic rings. The van der Waals surface area contributed by atoms with Crippen molar-refractivity contribution in [2.75, 3.05) is 6.26 Å². The fourth-order valence-electron chi connectivity index (χ4n) is 2.79. The zero-order chi connectivity index (χ0) is 17.3. The Kier molecular flexibility index (Phi) is 4.57. The van der Waals surface area contributed by atoms with Crippen LogP contribution in [0.25, 0.3) is 16.7 Å². The summed E-state index contributed by atoms with van der Waals surface area (Å²) in [5.74, 6) is 0.224. The van der Waals surface area contributed by atoms with Gasteiger partial charge < -0.3 is 5.32 Å². The first-order chi connectivity index (χ1) is 11.5. The lowest BCUT2D eigenvalue weighted by molar-refractivity contribution is -0.119. The van der Waals surface area contributed by atoms with Gasteiger partial charge in [-0.1, -0.05) is 12.1 Å². The minimum absolute atomic E-state index is 0.134. The number of rotatable bonds is 4. The number of thioether (sulfide) groups is 1. The summed E-state index contributed by atoms with van der Waals surface area (Å²) in [4.78, 5) is 17.1. The highest BCUT2D eigenvalue weighted by Crippen LogP contribution is 2.31. The Morgan fingerprint density at radius 2 is 2.04 bits per heavy atom. The molecule has 0 aliphatic carbocycles. The number of nitrogens with zero attached hydrogens (tertiary/aromatic N) is 2. The summed E-state index contributed by atoms with van der Waals surface area (Å²) in [6.07, 6.45) is 2.00. The van der Waals surface area contributed by atoms with Crippen molar-refractivity contribution in [2.45, 2.75) is 24.8 Å². The molecule has 3 rings (SSSR count). The molecule has 1 atom stereocenters. The number of amides is 1. The van der Waals surface area contributed by atoms with Crippen molar-refractivity contribution in [2.24, 2.45) is 0 Å². The second kappa shape index (κ2) is 6.65. The second-order valence-electron chi connectivity index (χ2n) is 5.53. The van der Waals surface area contributed by atoms with E-state index in [0.29, 0.717) is 16.9 Å². The van der Waals surface area contributed by atoms with Crippen LogP contribution in [0.15, 0.2) is 47.4 Å². The smallest absolute Gasteiger partial charge is 0.217 e. The maximum Gasteiger partial charge on any atom is 0.217 e. The van der Waals surface area contributed by atoms with Gasteiger partial charge in [-0.2, -0.15) is 0 Å². The Labute approximate surface area is 144 Å². The predicted octanol–water partition coefficient (Wildman–Crippen LogP) is 4.08. The van der Waals surface area contributed by atoms with E-state index in [1.165, 1.54) is 19.1 Å². The largest absolute Gasteiger partial charge is 0.347 e. The number of hydrogen-bond acceptors (Lipinski definition) is 3. The first kappa shape index (κ1) is 16.5. The van der Waals surface area contributed by atoms with Crippen LogP contribution in [0.4, 0.5) is 4.39 Å². The first-order valence-corrected chi connectivity index (χ1v) is 8.82. The fourth-order valence-corrected chi connectivity index (χ4v) is 3.38. The third-order valence-electron chi connectivity index (χ3n) is 3.78. The summed E-state index contributed by atoms with van der Waals surface area (Å²) < 4.78 is 15.7. The molecule has 1 aromatic heterocycles. The van der Waals surface area contributed by atoms with Gasteiger partial charge in [0.25, 0.3) is 0 Å². The minimum Gasteiger partial charge on any atom is -0.347 e. The van der Waals surface area contributed by atoms with E-state index in [4.69, 9.17) is 0 Å². The highest BCUT2D eigenvalue weighted by Gasteiger charge is 2.20. The number of nitrogens with one attached hydrogen (secondary N) is 1. The Bertz CT molecular complexity index is 906. The molecule has 0 saturated heterocycles. The lowest BCUT2D eigenvalue weighted by Crippen LogP contribution is -2.26. The van der Waals surface area contributed by atoms with Gasteiger partial charge in [-0.05, 0) is 37.4 Å². The Hall–Kier alpha value is -2.34. The van der Waals surface area contributed by atoms with Crippen molar-refractivity contribution in [1.29, 1.82) is 0 Å². The number of aromatic nitrogens is 2. The fraction of sp³-hybridized carbons (Fsp3) is 0.222. The van der Waals surface area contributed by atoms with Gasteiger partial charge in [-0.3, -0.25) is 9.36 Å². The molecular weight excluding hydrogens is 325 g/mol. The standard InChI is InChI=1S/C18H18FN3OS/c1-11(20-12(2)23)18-21-14-9-8-13(19)10-16(14)22(18)15-6-4-5-7-17(15)24-3/h4-11H,1-3H3,(H,20,23). The van der Waals surface area contributed by atoms with E-state index in [-0.39, 0.29) is 17.8 Å². The summed E-state index contributed by atoms with van der Waals surface area (Å²) in [5, 5.41) is 2.86. The van der Waals surface area contributed by atoms with Crippen LogP contribution in [0.5, 0.6) is 0 Å². The number of carbonyl (C=O) groups is 1. The Balaban J connectivity index is 2.30. The number of hydrogen-bond donors (Lipinski definition) is 1. The summed E-state index contributed by atoms with van der Waals surface area (Å²) in [5.41, 5.74) is 2.30. The lowest BCUT2D eigenvalue weighted by Gasteiger charge is -2.17. The number of fused-ring (bicyclic) bond motifs is 1. The van der Waals surface area contributed by atoms with Crippen LogP contribution in [0.2, 0.25) is 0 Å². The number of benzene rings is 2. The molecule has 1 N–H and O–H groups in total. The van der Waals surface area contributed by atoms with Gasteiger partial charge in [-0.15, -0.1) is 11.8 Å². The SMILES string of the molecule is CSc1ccccc1-n1c(C(C)NC(C)=O)nc2ccc(F)cc21. The van der Waals surface area contributed by atoms with Crippen LogP contribution in [0.3, 0.4) is 0 Å². The van der Waals surface area contributed by atoms with E-state index in [1.807, 2.05) is 42.0 Å². The molecule has 6 heteroatoms. The van der Waals surface area contributed by atoms with Gasteiger partial charge in [0, 0.05) is 17.9 Å². The van der Waals surface area contributed by atoms with Crippen LogP contribution in [0.1, 0.15) is 25.7 Å². The third-order valence-corrected chi connectivity index (χ3v) is 4.56. The van der Waals surface area contributed by atoms with Gasteiger partial charge in [0.2, 0.25) is 5.91 Å². The maximum atomic E-state index is 13.8. The average Bonchev–Trinajstić information content (AvgIpc) is 2.92. The zero-order valence-corrected chi connectivity index (χ0v) is 14.5. The van der Waals surface area contributed by atoms with E-state index in [0.717, 1.165) is 10.6 Å². The van der Waals surface area contributed by atoms with Crippen molar-refractivity contribution in [1.82, 2.24) is 14.9 Å². The topological polar surface area (TPSA) is 46.9 Å². The quantitative estimate of drug-likeness (QED) is 0.726. The highest BCUT2D eigenvalue weighted by atomic mass is 32.2. The van der Waals surface area contributed by atoms with Crippen LogP contribution >= 0.6 is 11.8 Å². The average molecular weight is 343 g/mol. The lowest BCUT2D eigenvalue weighted by atomic mass is 10.2. The van der Waals surface area contributed by atoms with Crippen molar-refractivity contribution in [3.8, 4) is 5.69 Å². The van der Waals surface area contributed by atoms with E-state index >= 15 is 0 Å². The summed E-state index contributed by atoms with van der Waals surface area (Å²) in [7, 11) is 0. The van der Waals surface area contributed by atoms with E-state index < -0.39 is 0 Å². The molecule has 124 valence electrons. The van der Waals surface area contributed by atoms with E-state index in [2.05, 4.69) is 10.3 Å². The van der Waals surface area contributed by atoms with Crippen LogP contribution in [-0.2, 0) is 4.79 Å². The molecular formula is C18H18FN3OS. The molecule has 0 saturated carbocycles. The molecule has 0 fully saturated rings.